The molecule has 1 N–H and O–H groups in total. The standard InChI is InChI=1S/C16H22N2O3/c1-17-7-8-21-14(10-17)11-18-6-2-3-12-9-13(16(19)20)4-5-15(12)18/h4-5,9,14H,2-3,6-8,10-11H2,1H3,(H,19,20). The predicted molar refractivity (Wildman–Crippen MR) is 81.2 cm³/mol. The maximum Gasteiger partial charge on any atom is 0.335 e. The molecule has 1 unspecified atom stereocenters. The average molecular weight is 290 g/mol. The Labute approximate surface area is 125 Å². The lowest BCUT2D eigenvalue weighted by molar-refractivity contribution is -0.0149. The second-order valence-electron chi connectivity index (χ2n) is 5.95. The van der Waals surface area contributed by atoms with Crippen LogP contribution in [-0.4, -0.2) is 61.9 Å². The Kier molecular flexibility index (Phi) is 4.12. The normalized spacial score (nSPS) is 22.9. The number of benzene rings is 1. The number of anilines is 1. The first-order valence-electron chi connectivity index (χ1n) is 7.55. The van der Waals surface area contributed by atoms with Gasteiger partial charge in [-0.25, -0.2) is 4.79 Å². The summed E-state index contributed by atoms with van der Waals surface area (Å²) in [5.41, 5.74) is 2.69. The molecular weight excluding hydrogens is 268 g/mol. The summed E-state index contributed by atoms with van der Waals surface area (Å²) in [5, 5.41) is 9.10. The Morgan fingerprint density at radius 1 is 1.43 bits per heavy atom. The summed E-state index contributed by atoms with van der Waals surface area (Å²) in [6.07, 6.45) is 2.26. The van der Waals surface area contributed by atoms with Crippen LogP contribution in [0.2, 0.25) is 0 Å². The first kappa shape index (κ1) is 14.4. The molecule has 0 radical (unpaired) electrons. The van der Waals surface area contributed by atoms with Gasteiger partial charge in [0.1, 0.15) is 0 Å². The van der Waals surface area contributed by atoms with Gasteiger partial charge in [0, 0.05) is 31.9 Å². The number of fused-ring (bicyclic) bond motifs is 1. The smallest absolute Gasteiger partial charge is 0.335 e. The molecule has 0 spiro atoms. The highest BCUT2D eigenvalue weighted by molar-refractivity contribution is 5.88. The van der Waals surface area contributed by atoms with Crippen molar-refractivity contribution in [2.75, 3.05) is 44.7 Å². The van der Waals surface area contributed by atoms with Crippen LogP contribution in [0.5, 0.6) is 0 Å². The zero-order valence-electron chi connectivity index (χ0n) is 12.4. The van der Waals surface area contributed by atoms with Crippen LogP contribution in [0.1, 0.15) is 22.3 Å². The molecule has 1 atom stereocenters. The lowest BCUT2D eigenvalue weighted by atomic mass is 9.98. The van der Waals surface area contributed by atoms with Crippen LogP contribution in [0.4, 0.5) is 5.69 Å². The molecule has 5 nitrogen and oxygen atoms in total. The maximum absolute atomic E-state index is 11.1. The fourth-order valence-corrected chi connectivity index (χ4v) is 3.22. The van der Waals surface area contributed by atoms with E-state index in [9.17, 15) is 4.79 Å². The molecule has 0 bridgehead atoms. The number of carbonyl (C=O) groups is 1. The largest absolute Gasteiger partial charge is 0.478 e. The van der Waals surface area contributed by atoms with Crippen molar-refractivity contribution in [1.82, 2.24) is 4.90 Å². The zero-order valence-corrected chi connectivity index (χ0v) is 12.4. The third-order valence-corrected chi connectivity index (χ3v) is 4.31. The van der Waals surface area contributed by atoms with Gasteiger partial charge in [-0.3, -0.25) is 0 Å². The molecule has 21 heavy (non-hydrogen) atoms. The van der Waals surface area contributed by atoms with E-state index in [-0.39, 0.29) is 6.10 Å². The van der Waals surface area contributed by atoms with E-state index < -0.39 is 5.97 Å². The van der Waals surface area contributed by atoms with E-state index in [1.165, 1.54) is 5.69 Å². The van der Waals surface area contributed by atoms with Gasteiger partial charge < -0.3 is 19.6 Å². The molecule has 3 rings (SSSR count). The first-order valence-corrected chi connectivity index (χ1v) is 7.55. The van der Waals surface area contributed by atoms with Crippen molar-refractivity contribution in [1.29, 1.82) is 0 Å². The van der Waals surface area contributed by atoms with Gasteiger partial charge in [0.15, 0.2) is 0 Å². The number of morpholine rings is 1. The molecular formula is C16H22N2O3. The Morgan fingerprint density at radius 2 is 2.29 bits per heavy atom. The minimum absolute atomic E-state index is 0.230. The fourth-order valence-electron chi connectivity index (χ4n) is 3.22. The summed E-state index contributed by atoms with van der Waals surface area (Å²) in [5.74, 6) is -0.854. The minimum Gasteiger partial charge on any atom is -0.478 e. The Balaban J connectivity index is 1.75. The SMILES string of the molecule is CN1CCOC(CN2CCCc3cc(C(=O)O)ccc32)C1. The zero-order chi connectivity index (χ0) is 14.8. The van der Waals surface area contributed by atoms with Gasteiger partial charge in [-0.2, -0.15) is 0 Å². The van der Waals surface area contributed by atoms with Crippen molar-refractivity contribution in [3.8, 4) is 0 Å². The summed E-state index contributed by atoms with van der Waals surface area (Å²) in [4.78, 5) is 15.7. The molecule has 2 heterocycles. The van der Waals surface area contributed by atoms with Crippen molar-refractivity contribution < 1.29 is 14.6 Å². The fraction of sp³-hybridized carbons (Fsp3) is 0.562. The van der Waals surface area contributed by atoms with Crippen LogP contribution >= 0.6 is 0 Å². The number of aromatic carboxylic acids is 1. The Bertz CT molecular complexity index is 532. The number of hydrogen-bond acceptors (Lipinski definition) is 4. The highest BCUT2D eigenvalue weighted by atomic mass is 16.5. The number of rotatable bonds is 3. The van der Waals surface area contributed by atoms with Crippen LogP contribution in [0, 0.1) is 0 Å². The van der Waals surface area contributed by atoms with E-state index in [1.54, 1.807) is 6.07 Å². The van der Waals surface area contributed by atoms with E-state index in [0.717, 1.165) is 51.2 Å². The topological polar surface area (TPSA) is 53.0 Å². The molecule has 0 saturated carbocycles. The van der Waals surface area contributed by atoms with Crippen LogP contribution in [0.3, 0.4) is 0 Å². The predicted octanol–water partition coefficient (Wildman–Crippen LogP) is 1.47. The summed E-state index contributed by atoms with van der Waals surface area (Å²) in [6, 6.07) is 5.47. The Hall–Kier alpha value is -1.59. The molecule has 1 saturated heterocycles. The second kappa shape index (κ2) is 6.03. The lowest BCUT2D eigenvalue weighted by Gasteiger charge is -2.37. The minimum atomic E-state index is -0.854. The third kappa shape index (κ3) is 3.19. The number of aryl methyl sites for hydroxylation is 1. The molecule has 0 aromatic heterocycles. The first-order chi connectivity index (χ1) is 10.1. The van der Waals surface area contributed by atoms with Crippen molar-refractivity contribution in [2.24, 2.45) is 0 Å². The molecule has 1 fully saturated rings. The van der Waals surface area contributed by atoms with Gasteiger partial charge in [0.25, 0.3) is 0 Å². The average Bonchev–Trinajstić information content (AvgIpc) is 2.47. The quantitative estimate of drug-likeness (QED) is 0.913. The Morgan fingerprint density at radius 3 is 3.05 bits per heavy atom. The van der Waals surface area contributed by atoms with E-state index in [0.29, 0.717) is 5.56 Å². The van der Waals surface area contributed by atoms with Crippen LogP contribution in [0.25, 0.3) is 0 Å². The number of nitrogens with zero attached hydrogens (tertiary/aromatic N) is 2. The van der Waals surface area contributed by atoms with Crippen molar-refractivity contribution in [3.63, 3.8) is 0 Å². The van der Waals surface area contributed by atoms with E-state index >= 15 is 0 Å². The third-order valence-electron chi connectivity index (χ3n) is 4.31. The van der Waals surface area contributed by atoms with Crippen LogP contribution in [-0.2, 0) is 11.2 Å². The summed E-state index contributed by atoms with van der Waals surface area (Å²) in [7, 11) is 2.12. The number of ether oxygens (including phenoxy) is 1. The molecule has 1 aromatic carbocycles. The maximum atomic E-state index is 11.1. The van der Waals surface area contributed by atoms with Gasteiger partial charge in [0.2, 0.25) is 0 Å². The van der Waals surface area contributed by atoms with Gasteiger partial charge in [-0.05, 0) is 43.7 Å². The molecule has 2 aliphatic rings. The summed E-state index contributed by atoms with van der Waals surface area (Å²) >= 11 is 0. The van der Waals surface area contributed by atoms with Gasteiger partial charge >= 0.3 is 5.97 Å². The number of likely N-dealkylation sites (N-methyl/N-ethyl adjacent to an activating group) is 1. The van der Waals surface area contributed by atoms with E-state index in [1.807, 2.05) is 12.1 Å². The van der Waals surface area contributed by atoms with Crippen molar-refractivity contribution in [2.45, 2.75) is 18.9 Å². The molecule has 0 aliphatic carbocycles. The van der Waals surface area contributed by atoms with Crippen LogP contribution < -0.4 is 4.90 Å². The van der Waals surface area contributed by atoms with Gasteiger partial charge in [-0.1, -0.05) is 0 Å². The van der Waals surface area contributed by atoms with Gasteiger partial charge in [0.05, 0.1) is 18.3 Å². The highest BCUT2D eigenvalue weighted by Crippen LogP contribution is 2.28. The molecule has 1 aromatic rings. The number of carboxylic acids is 1. The molecule has 0 amide bonds. The van der Waals surface area contributed by atoms with E-state index in [2.05, 4.69) is 16.8 Å². The van der Waals surface area contributed by atoms with Gasteiger partial charge in [-0.15, -0.1) is 0 Å². The van der Waals surface area contributed by atoms with E-state index in [4.69, 9.17) is 9.84 Å². The molecule has 2 aliphatic heterocycles. The van der Waals surface area contributed by atoms with Crippen LogP contribution in [0.15, 0.2) is 18.2 Å². The van der Waals surface area contributed by atoms with Crippen molar-refractivity contribution in [3.05, 3.63) is 29.3 Å². The lowest BCUT2D eigenvalue weighted by Crippen LogP contribution is -2.47. The second-order valence-corrected chi connectivity index (χ2v) is 5.95. The molecule has 5 heteroatoms. The monoisotopic (exact) mass is 290 g/mol. The number of carboxylic acid groups (broad SMARTS) is 1. The summed E-state index contributed by atoms with van der Waals surface area (Å²) < 4.78 is 5.85. The molecule has 114 valence electrons. The summed E-state index contributed by atoms with van der Waals surface area (Å²) in [6.45, 7) is 4.64. The number of hydrogen-bond donors (Lipinski definition) is 1. The van der Waals surface area contributed by atoms with Crippen molar-refractivity contribution >= 4 is 11.7 Å². The highest BCUT2D eigenvalue weighted by Gasteiger charge is 2.24.